The first-order valence-corrected chi connectivity index (χ1v) is 10.0. The molecule has 0 aliphatic carbocycles. The number of carbonyl (C=O) groups excluding carboxylic acids is 2. The van der Waals surface area contributed by atoms with Crippen LogP contribution < -0.4 is 5.56 Å². The molecule has 3 heterocycles. The standard InChI is InChI=1S/C21H31N3O4/c1-15-12-16(2)22(3)19(26)18(15)20(27)23-9-6-21(7-10-23)13-17(25)24(14-21)8-5-11-28-4/h12H,5-11,13-14H2,1-4H3. The minimum absolute atomic E-state index is 0.0335. The molecular formula is C21H31N3O4. The van der Waals surface area contributed by atoms with Crippen LogP contribution in [0.4, 0.5) is 0 Å². The van der Waals surface area contributed by atoms with Crippen molar-refractivity contribution < 1.29 is 14.3 Å². The van der Waals surface area contributed by atoms with Gasteiger partial charge in [0.1, 0.15) is 5.56 Å². The third-order valence-corrected chi connectivity index (χ3v) is 6.37. The SMILES string of the molecule is COCCCN1CC2(CCN(C(=O)c3c(C)cc(C)n(C)c3=O)CC2)CC1=O. The quantitative estimate of drug-likeness (QED) is 0.716. The number of nitrogens with zero attached hydrogens (tertiary/aromatic N) is 3. The Bertz CT molecular complexity index is 822. The monoisotopic (exact) mass is 389 g/mol. The summed E-state index contributed by atoms with van der Waals surface area (Å²) in [4.78, 5) is 41.8. The van der Waals surface area contributed by atoms with Crippen LogP contribution in [0.5, 0.6) is 0 Å². The molecule has 3 rings (SSSR count). The van der Waals surface area contributed by atoms with E-state index in [0.29, 0.717) is 26.1 Å². The second kappa shape index (κ2) is 8.07. The number of aryl methyl sites for hydroxylation is 2. The van der Waals surface area contributed by atoms with E-state index in [1.54, 1.807) is 19.1 Å². The average molecular weight is 389 g/mol. The van der Waals surface area contributed by atoms with E-state index in [1.165, 1.54) is 4.57 Å². The summed E-state index contributed by atoms with van der Waals surface area (Å²) in [5, 5.41) is 0. The van der Waals surface area contributed by atoms with Crippen molar-refractivity contribution in [2.45, 2.75) is 39.5 Å². The van der Waals surface area contributed by atoms with Crippen molar-refractivity contribution >= 4 is 11.8 Å². The number of hydrogen-bond donors (Lipinski definition) is 0. The number of carbonyl (C=O) groups is 2. The Kier molecular flexibility index (Phi) is 5.93. The smallest absolute Gasteiger partial charge is 0.263 e. The van der Waals surface area contributed by atoms with Crippen molar-refractivity contribution in [3.05, 3.63) is 33.2 Å². The molecule has 1 spiro atoms. The number of amides is 2. The Morgan fingerprint density at radius 1 is 1.21 bits per heavy atom. The van der Waals surface area contributed by atoms with E-state index in [1.807, 2.05) is 24.8 Å². The van der Waals surface area contributed by atoms with Crippen LogP contribution in [0.1, 0.15) is 47.3 Å². The van der Waals surface area contributed by atoms with Crippen molar-refractivity contribution in [1.82, 2.24) is 14.4 Å². The number of ether oxygens (including phenoxy) is 1. The molecule has 0 atom stereocenters. The third kappa shape index (κ3) is 3.85. The van der Waals surface area contributed by atoms with Crippen molar-refractivity contribution in [2.75, 3.05) is 39.9 Å². The fourth-order valence-corrected chi connectivity index (χ4v) is 4.50. The van der Waals surface area contributed by atoms with Crippen molar-refractivity contribution in [1.29, 1.82) is 0 Å². The summed E-state index contributed by atoms with van der Waals surface area (Å²) in [6.07, 6.45) is 3.01. The zero-order valence-electron chi connectivity index (χ0n) is 17.4. The normalized spacial score (nSPS) is 18.9. The molecule has 0 saturated carbocycles. The molecule has 2 saturated heterocycles. The number of piperidine rings is 1. The van der Waals surface area contributed by atoms with E-state index >= 15 is 0 Å². The first-order chi connectivity index (χ1) is 13.3. The molecule has 1 aromatic heterocycles. The Morgan fingerprint density at radius 3 is 2.54 bits per heavy atom. The van der Waals surface area contributed by atoms with Gasteiger partial charge >= 0.3 is 0 Å². The largest absolute Gasteiger partial charge is 0.385 e. The summed E-state index contributed by atoms with van der Waals surface area (Å²) in [5.74, 6) is 0.0216. The van der Waals surface area contributed by atoms with Crippen LogP contribution in [0.15, 0.2) is 10.9 Å². The predicted octanol–water partition coefficient (Wildman–Crippen LogP) is 1.49. The lowest BCUT2D eigenvalue weighted by molar-refractivity contribution is -0.128. The van der Waals surface area contributed by atoms with Crippen LogP contribution in [0.3, 0.4) is 0 Å². The highest BCUT2D eigenvalue weighted by molar-refractivity contribution is 5.95. The van der Waals surface area contributed by atoms with E-state index in [-0.39, 0.29) is 28.4 Å². The Balaban J connectivity index is 1.66. The van der Waals surface area contributed by atoms with Gasteiger partial charge in [-0.25, -0.2) is 0 Å². The molecule has 154 valence electrons. The zero-order chi connectivity index (χ0) is 20.5. The molecule has 0 bridgehead atoms. The maximum Gasteiger partial charge on any atom is 0.263 e. The van der Waals surface area contributed by atoms with Gasteiger partial charge in [0.15, 0.2) is 0 Å². The molecule has 0 aromatic carbocycles. The van der Waals surface area contributed by atoms with E-state index in [9.17, 15) is 14.4 Å². The number of pyridine rings is 1. The molecule has 2 aliphatic heterocycles. The van der Waals surface area contributed by atoms with Gasteiger partial charge in [0.05, 0.1) is 0 Å². The number of rotatable bonds is 5. The molecule has 0 radical (unpaired) electrons. The lowest BCUT2D eigenvalue weighted by Gasteiger charge is -2.39. The van der Waals surface area contributed by atoms with Crippen LogP contribution in [-0.2, 0) is 16.6 Å². The van der Waals surface area contributed by atoms with E-state index in [0.717, 1.165) is 43.6 Å². The van der Waals surface area contributed by atoms with Gasteiger partial charge in [0.2, 0.25) is 5.91 Å². The highest BCUT2D eigenvalue weighted by Crippen LogP contribution is 2.41. The second-order valence-electron chi connectivity index (χ2n) is 8.34. The first kappa shape index (κ1) is 20.6. The number of hydrogen-bond acceptors (Lipinski definition) is 4. The minimum atomic E-state index is -0.233. The minimum Gasteiger partial charge on any atom is -0.385 e. The molecule has 0 unspecified atom stereocenters. The van der Waals surface area contributed by atoms with Crippen LogP contribution in [0, 0.1) is 19.3 Å². The van der Waals surface area contributed by atoms with Crippen LogP contribution in [-0.4, -0.2) is 66.1 Å². The first-order valence-electron chi connectivity index (χ1n) is 10.0. The summed E-state index contributed by atoms with van der Waals surface area (Å²) in [6, 6.07) is 1.88. The van der Waals surface area contributed by atoms with Gasteiger partial charge in [0.25, 0.3) is 11.5 Å². The van der Waals surface area contributed by atoms with Crippen molar-refractivity contribution in [3.63, 3.8) is 0 Å². The Hall–Kier alpha value is -2.15. The third-order valence-electron chi connectivity index (χ3n) is 6.37. The van der Waals surface area contributed by atoms with Gasteiger partial charge in [-0.2, -0.15) is 0 Å². The highest BCUT2D eigenvalue weighted by atomic mass is 16.5. The average Bonchev–Trinajstić information content (AvgIpc) is 2.95. The lowest BCUT2D eigenvalue weighted by Crippen LogP contribution is -2.46. The molecular weight excluding hydrogens is 358 g/mol. The summed E-state index contributed by atoms with van der Waals surface area (Å²) in [7, 11) is 3.37. The highest BCUT2D eigenvalue weighted by Gasteiger charge is 2.45. The van der Waals surface area contributed by atoms with Gasteiger partial charge in [0, 0.05) is 64.5 Å². The van der Waals surface area contributed by atoms with Gasteiger partial charge in [-0.05, 0) is 44.7 Å². The number of likely N-dealkylation sites (tertiary alicyclic amines) is 2. The summed E-state index contributed by atoms with van der Waals surface area (Å²) < 4.78 is 6.61. The predicted molar refractivity (Wildman–Crippen MR) is 106 cm³/mol. The van der Waals surface area contributed by atoms with E-state index < -0.39 is 0 Å². The molecule has 0 N–H and O–H groups in total. The maximum absolute atomic E-state index is 13.0. The van der Waals surface area contributed by atoms with Gasteiger partial charge < -0.3 is 19.1 Å². The fraction of sp³-hybridized carbons (Fsp3) is 0.667. The summed E-state index contributed by atoms with van der Waals surface area (Å²) >= 11 is 0. The van der Waals surface area contributed by atoms with Crippen LogP contribution >= 0.6 is 0 Å². The van der Waals surface area contributed by atoms with Gasteiger partial charge in [-0.1, -0.05) is 0 Å². The second-order valence-corrected chi connectivity index (χ2v) is 8.34. The molecule has 2 amide bonds. The molecule has 2 fully saturated rings. The molecule has 7 heteroatoms. The molecule has 7 nitrogen and oxygen atoms in total. The Labute approximate surface area is 166 Å². The van der Waals surface area contributed by atoms with Gasteiger partial charge in [-0.15, -0.1) is 0 Å². The molecule has 1 aromatic rings. The van der Waals surface area contributed by atoms with E-state index in [2.05, 4.69) is 0 Å². The Morgan fingerprint density at radius 2 is 1.89 bits per heavy atom. The fourth-order valence-electron chi connectivity index (χ4n) is 4.50. The maximum atomic E-state index is 13.0. The van der Waals surface area contributed by atoms with Crippen molar-refractivity contribution in [2.24, 2.45) is 12.5 Å². The topological polar surface area (TPSA) is 71.8 Å². The van der Waals surface area contributed by atoms with Crippen molar-refractivity contribution in [3.8, 4) is 0 Å². The molecule has 28 heavy (non-hydrogen) atoms. The summed E-state index contributed by atoms with van der Waals surface area (Å²) in [6.45, 7) is 7.02. The lowest BCUT2D eigenvalue weighted by atomic mass is 9.77. The molecule has 2 aliphatic rings. The summed E-state index contributed by atoms with van der Waals surface area (Å²) in [5.41, 5.74) is 1.57. The van der Waals surface area contributed by atoms with Gasteiger partial charge in [-0.3, -0.25) is 14.4 Å². The van der Waals surface area contributed by atoms with Crippen LogP contribution in [0.25, 0.3) is 0 Å². The van der Waals surface area contributed by atoms with Crippen LogP contribution in [0.2, 0.25) is 0 Å². The number of aromatic nitrogens is 1. The number of methoxy groups -OCH3 is 1. The zero-order valence-corrected chi connectivity index (χ0v) is 17.4. The van der Waals surface area contributed by atoms with E-state index in [4.69, 9.17) is 4.74 Å².